The van der Waals surface area contributed by atoms with E-state index in [0.717, 1.165) is 34.7 Å². The molecule has 0 fully saturated rings. The maximum atomic E-state index is 6.19. The number of aromatic amines is 1. The number of para-hydroxylation sites is 2. The van der Waals surface area contributed by atoms with Crippen LogP contribution in [-0.4, -0.2) is 16.6 Å². The van der Waals surface area contributed by atoms with Crippen LogP contribution in [0.3, 0.4) is 0 Å². The van der Waals surface area contributed by atoms with Gasteiger partial charge in [0.25, 0.3) is 0 Å². The number of fused-ring (bicyclic) bond motifs is 1. The van der Waals surface area contributed by atoms with E-state index in [9.17, 15) is 0 Å². The lowest BCUT2D eigenvalue weighted by atomic mass is 10.2. The third-order valence-electron chi connectivity index (χ3n) is 3.36. The molecule has 0 saturated heterocycles. The minimum Gasteiger partial charge on any atom is -0.492 e. The van der Waals surface area contributed by atoms with Crippen molar-refractivity contribution in [3.8, 4) is 5.75 Å². The van der Waals surface area contributed by atoms with Crippen molar-refractivity contribution in [2.45, 2.75) is 20.0 Å². The zero-order valence-corrected chi connectivity index (χ0v) is 13.2. The lowest BCUT2D eigenvalue weighted by Crippen LogP contribution is -2.13. The summed E-state index contributed by atoms with van der Waals surface area (Å²) in [6.45, 7) is 3.96. The summed E-state index contributed by atoms with van der Waals surface area (Å²) in [6, 6.07) is 13.9. The van der Waals surface area contributed by atoms with Gasteiger partial charge < -0.3 is 15.0 Å². The predicted molar refractivity (Wildman–Crippen MR) is 89.3 cm³/mol. The monoisotopic (exact) mass is 315 g/mol. The van der Waals surface area contributed by atoms with Gasteiger partial charge in [0.2, 0.25) is 0 Å². The molecule has 0 spiro atoms. The summed E-state index contributed by atoms with van der Waals surface area (Å²) >= 11 is 6.19. The summed E-state index contributed by atoms with van der Waals surface area (Å²) in [5.41, 5.74) is 3.16. The van der Waals surface area contributed by atoms with Gasteiger partial charge in [0, 0.05) is 6.54 Å². The van der Waals surface area contributed by atoms with Gasteiger partial charge in [-0.05, 0) is 36.8 Å². The minimum atomic E-state index is 0.614. The third kappa shape index (κ3) is 3.40. The van der Waals surface area contributed by atoms with Crippen LogP contribution in [0.4, 0.5) is 0 Å². The highest BCUT2D eigenvalue weighted by Gasteiger charge is 2.04. The van der Waals surface area contributed by atoms with Crippen LogP contribution in [0.25, 0.3) is 11.0 Å². The van der Waals surface area contributed by atoms with Gasteiger partial charge in [-0.25, -0.2) is 4.98 Å². The van der Waals surface area contributed by atoms with E-state index in [0.29, 0.717) is 18.2 Å². The lowest BCUT2D eigenvalue weighted by molar-refractivity contribution is 0.340. The normalized spacial score (nSPS) is 11.0. The number of imidazole rings is 1. The highest BCUT2D eigenvalue weighted by Crippen LogP contribution is 2.25. The van der Waals surface area contributed by atoms with E-state index >= 15 is 0 Å². The summed E-state index contributed by atoms with van der Waals surface area (Å²) in [6.07, 6.45) is 0. The summed E-state index contributed by atoms with van der Waals surface area (Å²) in [5.74, 6) is 1.66. The maximum Gasteiger partial charge on any atom is 0.137 e. The molecular formula is C17H18ClN3O. The number of H-pyrrole nitrogens is 1. The fourth-order valence-electron chi connectivity index (χ4n) is 2.34. The molecule has 0 bridgehead atoms. The summed E-state index contributed by atoms with van der Waals surface area (Å²) in [5, 5.41) is 4.01. The maximum absolute atomic E-state index is 6.19. The first-order valence-corrected chi connectivity index (χ1v) is 7.69. The molecule has 1 heterocycles. The summed E-state index contributed by atoms with van der Waals surface area (Å²) in [7, 11) is 0. The van der Waals surface area contributed by atoms with Crippen LogP contribution >= 0.6 is 11.6 Å². The molecule has 0 radical (unpaired) electrons. The van der Waals surface area contributed by atoms with Crippen molar-refractivity contribution in [2.75, 3.05) is 6.61 Å². The van der Waals surface area contributed by atoms with E-state index in [2.05, 4.69) is 15.3 Å². The van der Waals surface area contributed by atoms with E-state index in [4.69, 9.17) is 16.3 Å². The molecule has 0 saturated carbocycles. The molecule has 0 aliphatic rings. The van der Waals surface area contributed by atoms with Gasteiger partial charge in [0.1, 0.15) is 11.6 Å². The molecule has 0 amide bonds. The van der Waals surface area contributed by atoms with Crippen LogP contribution in [-0.2, 0) is 13.1 Å². The Bertz CT molecular complexity index is 736. The Hall–Kier alpha value is -2.04. The fraction of sp³-hybridized carbons (Fsp3) is 0.235. The molecule has 1 aromatic heterocycles. The number of benzene rings is 2. The van der Waals surface area contributed by atoms with Gasteiger partial charge in [-0.2, -0.15) is 0 Å². The van der Waals surface area contributed by atoms with Crippen LogP contribution in [0, 0.1) is 0 Å². The van der Waals surface area contributed by atoms with Crippen LogP contribution in [0.5, 0.6) is 5.75 Å². The number of aromatic nitrogens is 2. The van der Waals surface area contributed by atoms with Crippen molar-refractivity contribution >= 4 is 22.6 Å². The Morgan fingerprint density at radius 3 is 2.82 bits per heavy atom. The molecule has 3 aromatic rings. The minimum absolute atomic E-state index is 0.614. The van der Waals surface area contributed by atoms with Crippen molar-refractivity contribution < 1.29 is 4.74 Å². The first-order valence-electron chi connectivity index (χ1n) is 7.32. The number of ether oxygens (including phenoxy) is 1. The van der Waals surface area contributed by atoms with Crippen molar-refractivity contribution in [3.05, 3.63) is 58.9 Å². The second kappa shape index (κ2) is 6.81. The van der Waals surface area contributed by atoms with Crippen molar-refractivity contribution in [1.82, 2.24) is 15.3 Å². The molecule has 5 heteroatoms. The Morgan fingerprint density at radius 2 is 2.05 bits per heavy atom. The molecule has 22 heavy (non-hydrogen) atoms. The predicted octanol–water partition coefficient (Wildman–Crippen LogP) is 3.90. The molecule has 114 valence electrons. The number of halogens is 1. The van der Waals surface area contributed by atoms with Crippen molar-refractivity contribution in [2.24, 2.45) is 0 Å². The van der Waals surface area contributed by atoms with Crippen molar-refractivity contribution in [1.29, 1.82) is 0 Å². The van der Waals surface area contributed by atoms with E-state index in [1.54, 1.807) is 0 Å². The molecule has 0 atom stereocenters. The van der Waals surface area contributed by atoms with Crippen LogP contribution < -0.4 is 10.1 Å². The SMILES string of the molecule is CCOc1ccc(CNCc2nc3ccccc3[nH]2)cc1Cl. The van der Waals surface area contributed by atoms with Gasteiger partial charge >= 0.3 is 0 Å². The average molecular weight is 316 g/mol. The van der Waals surface area contributed by atoms with E-state index in [1.807, 2.05) is 49.4 Å². The van der Waals surface area contributed by atoms with Gasteiger partial charge in [-0.1, -0.05) is 29.8 Å². The molecular weight excluding hydrogens is 298 g/mol. The number of hydrogen-bond donors (Lipinski definition) is 2. The highest BCUT2D eigenvalue weighted by atomic mass is 35.5. The Kier molecular flexibility index (Phi) is 4.61. The zero-order chi connectivity index (χ0) is 15.4. The number of rotatable bonds is 6. The van der Waals surface area contributed by atoms with Crippen LogP contribution in [0.1, 0.15) is 18.3 Å². The van der Waals surface area contributed by atoms with Gasteiger partial charge in [0.05, 0.1) is 29.2 Å². The first-order chi connectivity index (χ1) is 10.8. The fourth-order valence-corrected chi connectivity index (χ4v) is 2.60. The Morgan fingerprint density at radius 1 is 1.18 bits per heavy atom. The molecule has 0 aliphatic carbocycles. The Balaban J connectivity index is 1.59. The Labute approximate surface area is 134 Å². The van der Waals surface area contributed by atoms with Crippen LogP contribution in [0.2, 0.25) is 5.02 Å². The van der Waals surface area contributed by atoms with Crippen LogP contribution in [0.15, 0.2) is 42.5 Å². The number of nitrogens with one attached hydrogen (secondary N) is 2. The topological polar surface area (TPSA) is 49.9 Å². The standard InChI is InChI=1S/C17H18ClN3O/c1-2-22-16-8-7-12(9-13(16)18)10-19-11-17-20-14-5-3-4-6-15(14)21-17/h3-9,19H,2,10-11H2,1H3,(H,20,21). The van der Waals surface area contributed by atoms with E-state index in [1.165, 1.54) is 0 Å². The first kappa shape index (κ1) is 14.9. The largest absolute Gasteiger partial charge is 0.492 e. The van der Waals surface area contributed by atoms with E-state index in [-0.39, 0.29) is 0 Å². The zero-order valence-electron chi connectivity index (χ0n) is 12.4. The molecule has 2 N–H and O–H groups in total. The molecule has 0 unspecified atom stereocenters. The summed E-state index contributed by atoms with van der Waals surface area (Å²) in [4.78, 5) is 7.84. The smallest absolute Gasteiger partial charge is 0.137 e. The number of nitrogens with zero attached hydrogens (tertiary/aromatic N) is 1. The molecule has 0 aliphatic heterocycles. The van der Waals surface area contributed by atoms with Gasteiger partial charge in [-0.3, -0.25) is 0 Å². The third-order valence-corrected chi connectivity index (χ3v) is 3.65. The average Bonchev–Trinajstić information content (AvgIpc) is 2.93. The molecule has 2 aromatic carbocycles. The molecule has 3 rings (SSSR count). The van der Waals surface area contributed by atoms with Gasteiger partial charge in [0.15, 0.2) is 0 Å². The number of hydrogen-bond acceptors (Lipinski definition) is 3. The second-order valence-corrected chi connectivity index (χ2v) is 5.41. The highest BCUT2D eigenvalue weighted by molar-refractivity contribution is 6.32. The molecule has 4 nitrogen and oxygen atoms in total. The quantitative estimate of drug-likeness (QED) is 0.725. The van der Waals surface area contributed by atoms with Gasteiger partial charge in [-0.15, -0.1) is 0 Å². The lowest BCUT2D eigenvalue weighted by Gasteiger charge is -2.08. The van der Waals surface area contributed by atoms with E-state index < -0.39 is 0 Å². The second-order valence-electron chi connectivity index (χ2n) is 5.00. The summed E-state index contributed by atoms with van der Waals surface area (Å²) < 4.78 is 5.43. The van der Waals surface area contributed by atoms with Crippen molar-refractivity contribution in [3.63, 3.8) is 0 Å².